The van der Waals surface area contributed by atoms with Crippen molar-refractivity contribution in [3.8, 4) is 0 Å². The van der Waals surface area contributed by atoms with E-state index >= 15 is 0 Å². The first kappa shape index (κ1) is 9.42. The summed E-state index contributed by atoms with van der Waals surface area (Å²) in [5.41, 5.74) is 0. The third-order valence-electron chi connectivity index (χ3n) is 0.842. The van der Waals surface area contributed by atoms with Gasteiger partial charge in [-0.25, -0.2) is 0 Å². The van der Waals surface area contributed by atoms with Crippen LogP contribution >= 0.6 is 15.9 Å². The van der Waals surface area contributed by atoms with Crippen molar-refractivity contribution in [2.45, 2.75) is 11.2 Å². The maximum Gasteiger partial charge on any atom is 0.317 e. The van der Waals surface area contributed by atoms with Crippen LogP contribution in [-0.4, -0.2) is 29.0 Å². The molecule has 1 N–H and O–H groups in total. The standard InChI is InChI=1S/C5H7BrO4/c1-10-4(7)2-3(6)5(8)9/h3H,2H2,1H3,(H,8,9)/t3-/m0/s1. The quantitative estimate of drug-likeness (QED) is 0.542. The molecule has 10 heavy (non-hydrogen) atoms. The topological polar surface area (TPSA) is 63.6 Å². The Morgan fingerprint density at radius 1 is 1.70 bits per heavy atom. The Morgan fingerprint density at radius 2 is 2.20 bits per heavy atom. The van der Waals surface area contributed by atoms with Gasteiger partial charge in [-0.1, -0.05) is 15.9 Å². The van der Waals surface area contributed by atoms with Crippen molar-refractivity contribution < 1.29 is 19.4 Å². The average Bonchev–Trinajstić information content (AvgIpc) is 1.87. The van der Waals surface area contributed by atoms with Crippen LogP contribution in [0.25, 0.3) is 0 Å². The fraction of sp³-hybridized carbons (Fsp3) is 0.600. The number of hydrogen-bond donors (Lipinski definition) is 1. The number of methoxy groups -OCH3 is 1. The fourth-order valence-electron chi connectivity index (χ4n) is 0.317. The van der Waals surface area contributed by atoms with Crippen molar-refractivity contribution in [3.63, 3.8) is 0 Å². The highest BCUT2D eigenvalue weighted by Crippen LogP contribution is 2.05. The normalized spacial score (nSPS) is 12.2. The van der Waals surface area contributed by atoms with E-state index in [0.29, 0.717) is 0 Å². The zero-order chi connectivity index (χ0) is 8.15. The molecule has 0 radical (unpaired) electrons. The Labute approximate surface area is 66.3 Å². The van der Waals surface area contributed by atoms with E-state index < -0.39 is 16.8 Å². The van der Waals surface area contributed by atoms with E-state index in [-0.39, 0.29) is 6.42 Å². The van der Waals surface area contributed by atoms with E-state index in [0.717, 1.165) is 0 Å². The lowest BCUT2D eigenvalue weighted by Gasteiger charge is -2.00. The van der Waals surface area contributed by atoms with Crippen LogP contribution in [0.15, 0.2) is 0 Å². The van der Waals surface area contributed by atoms with Crippen LogP contribution in [0.1, 0.15) is 6.42 Å². The minimum atomic E-state index is -1.06. The molecule has 0 aromatic rings. The Kier molecular flexibility index (Phi) is 4.02. The molecule has 4 nitrogen and oxygen atoms in total. The van der Waals surface area contributed by atoms with Crippen LogP contribution in [0, 0.1) is 0 Å². The number of aliphatic carboxylic acids is 1. The van der Waals surface area contributed by atoms with Crippen molar-refractivity contribution in [3.05, 3.63) is 0 Å². The van der Waals surface area contributed by atoms with Crippen molar-refractivity contribution in [1.29, 1.82) is 0 Å². The molecule has 0 saturated carbocycles. The zero-order valence-electron chi connectivity index (χ0n) is 5.33. The summed E-state index contributed by atoms with van der Waals surface area (Å²) in [4.78, 5) is 19.7. The van der Waals surface area contributed by atoms with E-state index in [2.05, 4.69) is 20.7 Å². The summed E-state index contributed by atoms with van der Waals surface area (Å²) in [6, 6.07) is 0. The molecule has 5 heteroatoms. The summed E-state index contributed by atoms with van der Waals surface area (Å²) in [6.45, 7) is 0. The van der Waals surface area contributed by atoms with E-state index in [1.165, 1.54) is 7.11 Å². The average molecular weight is 211 g/mol. The monoisotopic (exact) mass is 210 g/mol. The van der Waals surface area contributed by atoms with Gasteiger partial charge < -0.3 is 9.84 Å². The molecule has 0 rings (SSSR count). The van der Waals surface area contributed by atoms with E-state index in [1.807, 2.05) is 0 Å². The Bertz CT molecular complexity index is 145. The van der Waals surface area contributed by atoms with Crippen molar-refractivity contribution in [2.24, 2.45) is 0 Å². The first-order valence-corrected chi connectivity index (χ1v) is 3.43. The summed E-state index contributed by atoms with van der Waals surface area (Å²) in [6.07, 6.45) is -0.147. The maximum absolute atomic E-state index is 10.4. The summed E-state index contributed by atoms with van der Waals surface area (Å²) < 4.78 is 4.24. The molecular formula is C5H7BrO4. The van der Waals surface area contributed by atoms with Gasteiger partial charge in [-0.05, 0) is 0 Å². The Hall–Kier alpha value is -0.580. The number of ether oxygens (including phenoxy) is 1. The number of carboxylic acid groups (broad SMARTS) is 1. The second kappa shape index (κ2) is 4.27. The van der Waals surface area contributed by atoms with Crippen molar-refractivity contribution in [2.75, 3.05) is 7.11 Å². The molecule has 1 atom stereocenters. The lowest BCUT2D eigenvalue weighted by Crippen LogP contribution is -2.17. The van der Waals surface area contributed by atoms with E-state index in [9.17, 15) is 9.59 Å². The third kappa shape index (κ3) is 3.45. The highest BCUT2D eigenvalue weighted by molar-refractivity contribution is 9.10. The largest absolute Gasteiger partial charge is 0.480 e. The fourth-order valence-corrected chi connectivity index (χ4v) is 0.581. The van der Waals surface area contributed by atoms with Gasteiger partial charge in [0.1, 0.15) is 4.83 Å². The highest BCUT2D eigenvalue weighted by Gasteiger charge is 2.17. The van der Waals surface area contributed by atoms with Gasteiger partial charge in [0.15, 0.2) is 0 Å². The molecule has 0 aromatic carbocycles. The van der Waals surface area contributed by atoms with E-state index in [4.69, 9.17) is 5.11 Å². The van der Waals surface area contributed by atoms with Gasteiger partial charge in [-0.2, -0.15) is 0 Å². The van der Waals surface area contributed by atoms with Gasteiger partial charge in [-0.3, -0.25) is 9.59 Å². The SMILES string of the molecule is COC(=O)C[C@H](Br)C(=O)O. The summed E-state index contributed by atoms with van der Waals surface area (Å²) in [5, 5.41) is 8.27. The first-order chi connectivity index (χ1) is 4.57. The number of halogens is 1. The van der Waals surface area contributed by atoms with Crippen molar-refractivity contribution >= 4 is 27.9 Å². The van der Waals surface area contributed by atoms with Crippen molar-refractivity contribution in [1.82, 2.24) is 0 Å². The minimum absolute atomic E-state index is 0.147. The Morgan fingerprint density at radius 3 is 2.50 bits per heavy atom. The molecule has 0 unspecified atom stereocenters. The van der Waals surface area contributed by atoms with Crippen LogP contribution in [0.3, 0.4) is 0 Å². The van der Waals surface area contributed by atoms with Gasteiger partial charge >= 0.3 is 11.9 Å². The van der Waals surface area contributed by atoms with Crippen LogP contribution in [0.4, 0.5) is 0 Å². The summed E-state index contributed by atoms with van der Waals surface area (Å²) in [5.74, 6) is -1.60. The lowest BCUT2D eigenvalue weighted by molar-refractivity contribution is -0.144. The summed E-state index contributed by atoms with van der Waals surface area (Å²) in [7, 11) is 1.21. The first-order valence-electron chi connectivity index (χ1n) is 2.51. The zero-order valence-corrected chi connectivity index (χ0v) is 6.92. The lowest BCUT2D eigenvalue weighted by atomic mass is 10.3. The van der Waals surface area contributed by atoms with Crippen LogP contribution in [-0.2, 0) is 14.3 Å². The molecule has 0 aliphatic rings. The van der Waals surface area contributed by atoms with Gasteiger partial charge in [0, 0.05) is 0 Å². The molecule has 0 bridgehead atoms. The minimum Gasteiger partial charge on any atom is -0.480 e. The molecule has 0 amide bonds. The number of alkyl halides is 1. The van der Waals surface area contributed by atoms with Gasteiger partial charge in [0.05, 0.1) is 13.5 Å². The number of hydrogen-bond acceptors (Lipinski definition) is 3. The molecule has 0 aliphatic heterocycles. The number of carbonyl (C=O) groups excluding carboxylic acids is 1. The van der Waals surface area contributed by atoms with Gasteiger partial charge in [0.25, 0.3) is 0 Å². The number of esters is 1. The van der Waals surface area contributed by atoms with Crippen LogP contribution < -0.4 is 0 Å². The molecule has 0 aliphatic carbocycles. The third-order valence-corrected chi connectivity index (χ3v) is 1.56. The van der Waals surface area contributed by atoms with Gasteiger partial charge in [0.2, 0.25) is 0 Å². The van der Waals surface area contributed by atoms with Gasteiger partial charge in [-0.15, -0.1) is 0 Å². The number of rotatable bonds is 3. The molecule has 58 valence electrons. The molecule has 0 fully saturated rings. The smallest absolute Gasteiger partial charge is 0.317 e. The van der Waals surface area contributed by atoms with Crippen LogP contribution in [0.2, 0.25) is 0 Å². The second-order valence-corrected chi connectivity index (χ2v) is 2.69. The predicted octanol–water partition coefficient (Wildman–Crippen LogP) is 0.398. The predicted molar refractivity (Wildman–Crippen MR) is 37.0 cm³/mol. The molecule has 0 spiro atoms. The van der Waals surface area contributed by atoms with E-state index in [1.54, 1.807) is 0 Å². The number of carboxylic acids is 1. The second-order valence-electron chi connectivity index (χ2n) is 1.59. The molecule has 0 aromatic heterocycles. The molecular weight excluding hydrogens is 204 g/mol. The Balaban J connectivity index is 3.68. The summed E-state index contributed by atoms with van der Waals surface area (Å²) >= 11 is 2.78. The molecule has 0 saturated heterocycles. The van der Waals surface area contributed by atoms with Crippen LogP contribution in [0.5, 0.6) is 0 Å². The number of carbonyl (C=O) groups is 2. The maximum atomic E-state index is 10.4. The molecule has 0 heterocycles. The highest BCUT2D eigenvalue weighted by atomic mass is 79.9.